The van der Waals surface area contributed by atoms with Crippen LogP contribution in [0.25, 0.3) is 0 Å². The third-order valence-corrected chi connectivity index (χ3v) is 2.41. The number of amides is 1. The Kier molecular flexibility index (Phi) is 5.23. The summed E-state index contributed by atoms with van der Waals surface area (Å²) in [5, 5.41) is 16.3. The monoisotopic (exact) mass is 266 g/mol. The normalized spacial score (nSPS) is 10.3. The molecule has 0 aliphatic carbocycles. The van der Waals surface area contributed by atoms with Crippen molar-refractivity contribution in [2.75, 3.05) is 18.4 Å². The van der Waals surface area contributed by atoms with Gasteiger partial charge in [-0.1, -0.05) is 13.8 Å². The van der Waals surface area contributed by atoms with Crippen LogP contribution < -0.4 is 10.6 Å². The lowest BCUT2D eigenvalue weighted by atomic mass is 10.2. The van der Waals surface area contributed by atoms with E-state index in [1.807, 2.05) is 13.8 Å². The van der Waals surface area contributed by atoms with E-state index in [4.69, 9.17) is 0 Å². The van der Waals surface area contributed by atoms with Gasteiger partial charge in [0, 0.05) is 18.3 Å². The zero-order valence-corrected chi connectivity index (χ0v) is 11.3. The van der Waals surface area contributed by atoms with Crippen molar-refractivity contribution in [3.8, 4) is 0 Å². The Morgan fingerprint density at radius 3 is 2.79 bits per heavy atom. The highest BCUT2D eigenvalue weighted by molar-refractivity contribution is 5.80. The first-order chi connectivity index (χ1) is 8.90. The highest BCUT2D eigenvalue weighted by Gasteiger charge is 2.12. The van der Waals surface area contributed by atoms with Gasteiger partial charge in [0.1, 0.15) is 5.82 Å². The Balaban J connectivity index is 2.56. The van der Waals surface area contributed by atoms with Crippen molar-refractivity contribution in [3.63, 3.8) is 0 Å². The van der Waals surface area contributed by atoms with Crippen LogP contribution in [-0.4, -0.2) is 28.9 Å². The van der Waals surface area contributed by atoms with Crippen LogP contribution >= 0.6 is 0 Å². The van der Waals surface area contributed by atoms with Crippen LogP contribution in [0.3, 0.4) is 0 Å². The predicted octanol–water partition coefficient (Wildman–Crippen LogP) is 1.48. The molecule has 0 aliphatic rings. The molecule has 0 saturated heterocycles. The molecule has 0 aliphatic heterocycles. The molecule has 0 unspecified atom stereocenters. The predicted molar refractivity (Wildman–Crippen MR) is 72.0 cm³/mol. The summed E-state index contributed by atoms with van der Waals surface area (Å²) in [6.45, 7) is 6.25. The molecule has 0 aromatic carbocycles. The Labute approximate surface area is 111 Å². The molecule has 0 bridgehead atoms. The molecular formula is C12H18N4O3. The number of pyridine rings is 1. The van der Waals surface area contributed by atoms with Crippen LogP contribution in [-0.2, 0) is 4.79 Å². The van der Waals surface area contributed by atoms with E-state index in [-0.39, 0.29) is 18.1 Å². The molecule has 7 heteroatoms. The summed E-state index contributed by atoms with van der Waals surface area (Å²) in [7, 11) is 0. The lowest BCUT2D eigenvalue weighted by Gasteiger charge is -2.09. The standard InChI is InChI=1S/C12H18N4O3/c1-8(2)5-15-12(17)7-14-11-4-10(16(18)19)9(3)6-13-11/h4,6,8H,5,7H2,1-3H3,(H,13,14)(H,15,17). The average molecular weight is 266 g/mol. The van der Waals surface area contributed by atoms with Crippen molar-refractivity contribution < 1.29 is 9.72 Å². The highest BCUT2D eigenvalue weighted by Crippen LogP contribution is 2.19. The molecule has 0 spiro atoms. The van der Waals surface area contributed by atoms with Gasteiger partial charge in [-0.15, -0.1) is 0 Å². The topological polar surface area (TPSA) is 97.2 Å². The number of carbonyl (C=O) groups is 1. The summed E-state index contributed by atoms with van der Waals surface area (Å²) < 4.78 is 0. The van der Waals surface area contributed by atoms with E-state index in [1.165, 1.54) is 12.3 Å². The van der Waals surface area contributed by atoms with Crippen molar-refractivity contribution in [1.82, 2.24) is 10.3 Å². The van der Waals surface area contributed by atoms with E-state index >= 15 is 0 Å². The maximum absolute atomic E-state index is 11.5. The van der Waals surface area contributed by atoms with E-state index in [9.17, 15) is 14.9 Å². The summed E-state index contributed by atoms with van der Waals surface area (Å²) in [5.74, 6) is 0.526. The van der Waals surface area contributed by atoms with Gasteiger partial charge in [-0.3, -0.25) is 14.9 Å². The number of nitro groups is 1. The molecule has 1 heterocycles. The zero-order chi connectivity index (χ0) is 14.4. The molecule has 0 radical (unpaired) electrons. The third kappa shape index (κ3) is 4.90. The van der Waals surface area contributed by atoms with Gasteiger partial charge in [-0.2, -0.15) is 0 Å². The van der Waals surface area contributed by atoms with E-state index < -0.39 is 4.92 Å². The minimum Gasteiger partial charge on any atom is -0.361 e. The van der Waals surface area contributed by atoms with Gasteiger partial charge in [0.25, 0.3) is 5.69 Å². The first kappa shape index (κ1) is 14.9. The van der Waals surface area contributed by atoms with E-state index in [1.54, 1.807) is 6.92 Å². The fourth-order valence-corrected chi connectivity index (χ4v) is 1.36. The van der Waals surface area contributed by atoms with E-state index in [2.05, 4.69) is 15.6 Å². The zero-order valence-electron chi connectivity index (χ0n) is 11.3. The van der Waals surface area contributed by atoms with Crippen LogP contribution in [0.2, 0.25) is 0 Å². The van der Waals surface area contributed by atoms with Crippen LogP contribution in [0.15, 0.2) is 12.3 Å². The molecule has 1 aromatic rings. The molecule has 1 amide bonds. The fourth-order valence-electron chi connectivity index (χ4n) is 1.36. The number of hydrogen-bond acceptors (Lipinski definition) is 5. The Hall–Kier alpha value is -2.18. The molecule has 104 valence electrons. The Bertz CT molecular complexity index is 474. The lowest BCUT2D eigenvalue weighted by Crippen LogP contribution is -2.32. The molecule has 1 rings (SSSR count). The lowest BCUT2D eigenvalue weighted by molar-refractivity contribution is -0.385. The van der Waals surface area contributed by atoms with Gasteiger partial charge in [0.2, 0.25) is 5.91 Å². The highest BCUT2D eigenvalue weighted by atomic mass is 16.6. The molecule has 1 aromatic heterocycles. The first-order valence-electron chi connectivity index (χ1n) is 6.01. The van der Waals surface area contributed by atoms with Crippen molar-refractivity contribution in [3.05, 3.63) is 27.9 Å². The number of nitrogens with one attached hydrogen (secondary N) is 2. The number of carbonyl (C=O) groups excluding carboxylic acids is 1. The SMILES string of the molecule is Cc1cnc(NCC(=O)NCC(C)C)cc1[N+](=O)[O-]. The Morgan fingerprint density at radius 1 is 1.53 bits per heavy atom. The average Bonchev–Trinajstić information content (AvgIpc) is 2.35. The maximum atomic E-state index is 11.5. The van der Waals surface area contributed by atoms with Gasteiger partial charge in [-0.05, 0) is 12.8 Å². The quantitative estimate of drug-likeness (QED) is 0.600. The maximum Gasteiger partial charge on any atom is 0.277 e. The van der Waals surface area contributed by atoms with Gasteiger partial charge in [-0.25, -0.2) is 4.98 Å². The van der Waals surface area contributed by atoms with Gasteiger partial charge in [0.15, 0.2) is 0 Å². The number of aromatic nitrogens is 1. The number of hydrogen-bond donors (Lipinski definition) is 2. The van der Waals surface area contributed by atoms with Gasteiger partial charge in [0.05, 0.1) is 17.5 Å². The summed E-state index contributed by atoms with van der Waals surface area (Å²) in [5.41, 5.74) is 0.472. The number of rotatable bonds is 6. The fraction of sp³-hybridized carbons (Fsp3) is 0.500. The van der Waals surface area contributed by atoms with Crippen LogP contribution in [0.1, 0.15) is 19.4 Å². The molecule has 19 heavy (non-hydrogen) atoms. The number of nitrogens with zero attached hydrogens (tertiary/aromatic N) is 2. The van der Waals surface area contributed by atoms with E-state index in [0.29, 0.717) is 23.8 Å². The second-order valence-corrected chi connectivity index (χ2v) is 4.66. The molecule has 7 nitrogen and oxygen atoms in total. The number of aryl methyl sites for hydroxylation is 1. The Morgan fingerprint density at radius 2 is 2.21 bits per heavy atom. The second kappa shape index (κ2) is 6.67. The summed E-state index contributed by atoms with van der Waals surface area (Å²) in [4.78, 5) is 25.8. The first-order valence-corrected chi connectivity index (χ1v) is 6.01. The van der Waals surface area contributed by atoms with E-state index in [0.717, 1.165) is 0 Å². The van der Waals surface area contributed by atoms with Crippen LogP contribution in [0, 0.1) is 23.0 Å². The summed E-state index contributed by atoms with van der Waals surface area (Å²) in [6, 6.07) is 1.32. The number of anilines is 1. The van der Waals surface area contributed by atoms with Gasteiger partial charge >= 0.3 is 0 Å². The molecule has 0 fully saturated rings. The summed E-state index contributed by atoms with van der Waals surface area (Å²) >= 11 is 0. The third-order valence-electron chi connectivity index (χ3n) is 2.41. The van der Waals surface area contributed by atoms with Crippen LogP contribution in [0.5, 0.6) is 0 Å². The van der Waals surface area contributed by atoms with Crippen molar-refractivity contribution in [1.29, 1.82) is 0 Å². The largest absolute Gasteiger partial charge is 0.361 e. The van der Waals surface area contributed by atoms with Gasteiger partial charge < -0.3 is 10.6 Å². The molecular weight excluding hydrogens is 248 g/mol. The van der Waals surface area contributed by atoms with Crippen molar-refractivity contribution >= 4 is 17.4 Å². The molecule has 0 atom stereocenters. The van der Waals surface area contributed by atoms with Crippen molar-refractivity contribution in [2.24, 2.45) is 5.92 Å². The molecule has 2 N–H and O–H groups in total. The minimum atomic E-state index is -0.471. The second-order valence-electron chi connectivity index (χ2n) is 4.66. The van der Waals surface area contributed by atoms with Crippen molar-refractivity contribution in [2.45, 2.75) is 20.8 Å². The minimum absolute atomic E-state index is 0.0138. The smallest absolute Gasteiger partial charge is 0.277 e. The molecule has 0 saturated carbocycles. The summed E-state index contributed by atoms with van der Waals surface area (Å²) in [6.07, 6.45) is 1.41. The van der Waals surface area contributed by atoms with Crippen LogP contribution in [0.4, 0.5) is 11.5 Å².